The van der Waals surface area contributed by atoms with Gasteiger partial charge >= 0.3 is 6.18 Å². The van der Waals surface area contributed by atoms with Gasteiger partial charge in [-0.1, -0.05) is 0 Å². The summed E-state index contributed by atoms with van der Waals surface area (Å²) < 4.78 is 51.7. The van der Waals surface area contributed by atoms with Gasteiger partial charge in [-0.05, 0) is 12.1 Å². The summed E-state index contributed by atoms with van der Waals surface area (Å²) >= 11 is 0. The summed E-state index contributed by atoms with van der Waals surface area (Å²) in [7, 11) is 0. The smallest absolute Gasteiger partial charge is 0.417 e. The van der Waals surface area contributed by atoms with Crippen molar-refractivity contribution >= 4 is 23.0 Å². The maximum absolute atomic E-state index is 13.4. The number of aldehydes is 1. The van der Waals surface area contributed by atoms with E-state index in [0.717, 1.165) is 12.5 Å². The predicted molar refractivity (Wildman–Crippen MR) is 80.3 cm³/mol. The number of alkyl halides is 3. The Hall–Kier alpha value is -3.50. The molecule has 0 aliphatic heterocycles. The Bertz CT molecular complexity index is 1110. The first-order chi connectivity index (χ1) is 12.5. The Labute approximate surface area is 142 Å². The van der Waals surface area contributed by atoms with Crippen LogP contribution in [0.2, 0.25) is 0 Å². The van der Waals surface area contributed by atoms with Gasteiger partial charge in [-0.25, -0.2) is 4.98 Å². The molecule has 8 nitrogen and oxygen atoms in total. The molecular weight excluding hydrogens is 355 g/mol. The summed E-state index contributed by atoms with van der Waals surface area (Å²) in [4.78, 5) is 18.8. The highest BCUT2D eigenvalue weighted by atomic mass is 19.4. The molecule has 0 bridgehead atoms. The van der Waals surface area contributed by atoms with Crippen molar-refractivity contribution in [3.63, 3.8) is 0 Å². The van der Waals surface area contributed by atoms with Crippen LogP contribution in [0.4, 0.5) is 13.2 Å². The molecule has 4 rings (SSSR count). The standard InChI is InChI=1S/C15H8F3N5O3/c16-15(17,18)9-5-12(25-4-3-24)21-13-8(9)1-2-11-20-10(6-23(11)13)14-22-19-7-26-14/h1-3,5-7H,4H2. The highest BCUT2D eigenvalue weighted by Crippen LogP contribution is 2.36. The zero-order valence-corrected chi connectivity index (χ0v) is 12.8. The molecule has 4 aromatic heterocycles. The van der Waals surface area contributed by atoms with Crippen LogP contribution in [0.3, 0.4) is 0 Å². The van der Waals surface area contributed by atoms with E-state index >= 15 is 0 Å². The van der Waals surface area contributed by atoms with E-state index in [1.165, 1.54) is 22.7 Å². The Morgan fingerprint density at radius 2 is 2.12 bits per heavy atom. The number of fused-ring (bicyclic) bond motifs is 3. The van der Waals surface area contributed by atoms with E-state index < -0.39 is 18.3 Å². The third-order valence-corrected chi connectivity index (χ3v) is 3.56. The average Bonchev–Trinajstić information content (AvgIpc) is 3.27. The van der Waals surface area contributed by atoms with Gasteiger partial charge in [0.1, 0.15) is 23.6 Å². The van der Waals surface area contributed by atoms with E-state index in [-0.39, 0.29) is 28.5 Å². The van der Waals surface area contributed by atoms with Crippen LogP contribution in [0.25, 0.3) is 28.3 Å². The Balaban J connectivity index is 2.00. The first kappa shape index (κ1) is 16.0. The lowest BCUT2D eigenvalue weighted by Gasteiger charge is -2.13. The highest BCUT2D eigenvalue weighted by molar-refractivity contribution is 5.84. The second kappa shape index (κ2) is 5.79. The molecular formula is C15H8F3N5O3. The molecule has 0 spiro atoms. The molecule has 0 fully saturated rings. The number of rotatable bonds is 4. The molecule has 0 atom stereocenters. The van der Waals surface area contributed by atoms with Gasteiger partial charge in [0.25, 0.3) is 5.89 Å². The number of aromatic nitrogens is 5. The molecule has 0 unspecified atom stereocenters. The van der Waals surface area contributed by atoms with Crippen LogP contribution in [0.1, 0.15) is 5.56 Å². The van der Waals surface area contributed by atoms with Gasteiger partial charge in [-0.15, -0.1) is 10.2 Å². The minimum atomic E-state index is -4.63. The van der Waals surface area contributed by atoms with Crippen molar-refractivity contribution in [1.82, 2.24) is 24.6 Å². The first-order valence-electron chi connectivity index (χ1n) is 7.20. The molecule has 0 saturated heterocycles. The van der Waals surface area contributed by atoms with Crippen LogP contribution in [0, 0.1) is 0 Å². The van der Waals surface area contributed by atoms with Crippen molar-refractivity contribution in [1.29, 1.82) is 0 Å². The molecule has 132 valence electrons. The number of halogens is 3. The molecule has 0 N–H and O–H groups in total. The number of pyridine rings is 2. The predicted octanol–water partition coefficient (Wildman–Crippen LogP) is 2.53. The highest BCUT2D eigenvalue weighted by Gasteiger charge is 2.34. The molecule has 0 aromatic carbocycles. The molecule has 26 heavy (non-hydrogen) atoms. The fraction of sp³-hybridized carbons (Fsp3) is 0.133. The van der Waals surface area contributed by atoms with Crippen molar-refractivity contribution in [3.05, 3.63) is 36.4 Å². The van der Waals surface area contributed by atoms with Gasteiger partial charge in [0.2, 0.25) is 12.3 Å². The van der Waals surface area contributed by atoms with Crippen molar-refractivity contribution in [2.75, 3.05) is 6.61 Å². The van der Waals surface area contributed by atoms with Gasteiger partial charge in [0.15, 0.2) is 6.29 Å². The topological polar surface area (TPSA) is 95.4 Å². The number of imidazole rings is 1. The van der Waals surface area contributed by atoms with E-state index in [0.29, 0.717) is 11.9 Å². The Kier molecular flexibility index (Phi) is 3.56. The van der Waals surface area contributed by atoms with Gasteiger partial charge in [0, 0.05) is 17.6 Å². The minimum absolute atomic E-state index is 0.0310. The monoisotopic (exact) mass is 363 g/mol. The number of carbonyl (C=O) groups excluding carboxylic acids is 1. The van der Waals surface area contributed by atoms with Crippen LogP contribution in [0.5, 0.6) is 5.88 Å². The maximum Gasteiger partial charge on any atom is 0.417 e. The van der Waals surface area contributed by atoms with Crippen LogP contribution in [0.15, 0.2) is 35.2 Å². The number of hydrogen-bond acceptors (Lipinski definition) is 7. The quantitative estimate of drug-likeness (QED) is 0.514. The molecule has 4 aromatic rings. The normalized spacial score (nSPS) is 12.0. The number of nitrogens with zero attached hydrogens (tertiary/aromatic N) is 5. The Morgan fingerprint density at radius 1 is 1.27 bits per heavy atom. The fourth-order valence-electron chi connectivity index (χ4n) is 2.52. The number of hydrogen-bond donors (Lipinski definition) is 0. The van der Waals surface area contributed by atoms with Crippen molar-refractivity contribution < 1.29 is 27.1 Å². The van der Waals surface area contributed by atoms with Gasteiger partial charge in [0.05, 0.1) is 5.56 Å². The molecule has 0 saturated carbocycles. The lowest BCUT2D eigenvalue weighted by atomic mass is 10.1. The zero-order chi connectivity index (χ0) is 18.3. The van der Waals surface area contributed by atoms with E-state index in [9.17, 15) is 18.0 Å². The Morgan fingerprint density at radius 3 is 2.81 bits per heavy atom. The van der Waals surface area contributed by atoms with E-state index in [1.54, 1.807) is 0 Å². The summed E-state index contributed by atoms with van der Waals surface area (Å²) in [5, 5.41) is 7.12. The molecule has 11 heteroatoms. The summed E-state index contributed by atoms with van der Waals surface area (Å²) in [6.07, 6.45) is -1.67. The average molecular weight is 363 g/mol. The molecule has 0 aliphatic rings. The van der Waals surface area contributed by atoms with E-state index in [4.69, 9.17) is 9.15 Å². The van der Waals surface area contributed by atoms with Crippen molar-refractivity contribution in [2.24, 2.45) is 0 Å². The lowest BCUT2D eigenvalue weighted by molar-refractivity contribution is -0.136. The molecule has 0 amide bonds. The zero-order valence-electron chi connectivity index (χ0n) is 12.8. The van der Waals surface area contributed by atoms with Crippen LogP contribution < -0.4 is 4.74 Å². The van der Waals surface area contributed by atoms with Gasteiger partial charge in [-0.3, -0.25) is 9.20 Å². The van der Waals surface area contributed by atoms with E-state index in [1.807, 2.05) is 0 Å². The summed E-state index contributed by atoms with van der Waals surface area (Å²) in [6.45, 7) is -0.414. The minimum Gasteiger partial charge on any atom is -0.470 e. The van der Waals surface area contributed by atoms with Gasteiger partial charge in [-0.2, -0.15) is 18.2 Å². The third kappa shape index (κ3) is 2.62. The van der Waals surface area contributed by atoms with Crippen LogP contribution >= 0.6 is 0 Å². The molecule has 4 heterocycles. The second-order valence-electron chi connectivity index (χ2n) is 5.15. The third-order valence-electron chi connectivity index (χ3n) is 3.56. The van der Waals surface area contributed by atoms with Crippen molar-refractivity contribution in [3.8, 4) is 17.5 Å². The lowest BCUT2D eigenvalue weighted by Crippen LogP contribution is -2.10. The van der Waals surface area contributed by atoms with Crippen LogP contribution in [-0.2, 0) is 11.0 Å². The maximum atomic E-state index is 13.4. The number of carbonyl (C=O) groups is 1. The summed E-state index contributed by atoms with van der Waals surface area (Å²) in [5.41, 5.74) is -0.349. The summed E-state index contributed by atoms with van der Waals surface area (Å²) in [5.74, 6) is -0.205. The second-order valence-corrected chi connectivity index (χ2v) is 5.15. The first-order valence-corrected chi connectivity index (χ1v) is 7.20. The van der Waals surface area contributed by atoms with Crippen molar-refractivity contribution in [2.45, 2.75) is 6.18 Å². The molecule has 0 aliphatic carbocycles. The SMILES string of the molecule is O=CCOc1cc(C(F)(F)F)c2ccc3nc(-c4nnco4)cn3c2n1. The fourth-order valence-corrected chi connectivity index (χ4v) is 2.52. The largest absolute Gasteiger partial charge is 0.470 e. The van der Waals surface area contributed by atoms with E-state index in [2.05, 4.69) is 20.2 Å². The summed E-state index contributed by atoms with van der Waals surface area (Å²) in [6, 6.07) is 3.45. The molecule has 0 radical (unpaired) electrons. The van der Waals surface area contributed by atoms with Gasteiger partial charge < -0.3 is 9.15 Å². The number of ether oxygens (including phenoxy) is 1. The van der Waals surface area contributed by atoms with Crippen LogP contribution in [-0.4, -0.2) is 37.5 Å².